The molecule has 110 valence electrons. The fraction of sp³-hybridized carbons (Fsp3) is 0.467. The summed E-state index contributed by atoms with van der Waals surface area (Å²) in [5.41, 5.74) is 4.76. The van der Waals surface area contributed by atoms with Crippen LogP contribution in [0.1, 0.15) is 39.5 Å². The maximum atomic E-state index is 11.7. The van der Waals surface area contributed by atoms with Gasteiger partial charge in [0.15, 0.2) is 6.10 Å². The molecule has 0 spiro atoms. The fourth-order valence-corrected chi connectivity index (χ4v) is 1.59. The SMILES string of the molecule is CCCCCC(=O)NNC(=O)C(C)Oc1ccccc1. The molecule has 1 aromatic rings. The van der Waals surface area contributed by atoms with Gasteiger partial charge < -0.3 is 4.74 Å². The second kappa shape index (κ2) is 8.96. The molecular weight excluding hydrogens is 256 g/mol. The Kier molecular flexibility index (Phi) is 7.17. The molecule has 0 saturated heterocycles. The van der Waals surface area contributed by atoms with Crippen molar-refractivity contribution >= 4 is 11.8 Å². The number of unbranched alkanes of at least 4 members (excludes halogenated alkanes) is 2. The summed E-state index contributed by atoms with van der Waals surface area (Å²) in [6.45, 7) is 3.70. The average Bonchev–Trinajstić information content (AvgIpc) is 2.46. The van der Waals surface area contributed by atoms with Crippen molar-refractivity contribution < 1.29 is 14.3 Å². The Morgan fingerprint density at radius 1 is 1.15 bits per heavy atom. The van der Waals surface area contributed by atoms with Crippen molar-refractivity contribution in [2.45, 2.75) is 45.6 Å². The first kappa shape index (κ1) is 16.0. The van der Waals surface area contributed by atoms with E-state index in [9.17, 15) is 9.59 Å². The van der Waals surface area contributed by atoms with Crippen LogP contribution in [0.25, 0.3) is 0 Å². The molecule has 0 heterocycles. The third kappa shape index (κ3) is 6.22. The van der Waals surface area contributed by atoms with Crippen molar-refractivity contribution in [1.29, 1.82) is 0 Å². The first-order valence-corrected chi connectivity index (χ1v) is 6.94. The van der Waals surface area contributed by atoms with Crippen LogP contribution in [0.2, 0.25) is 0 Å². The van der Waals surface area contributed by atoms with Crippen molar-refractivity contribution in [3.05, 3.63) is 30.3 Å². The van der Waals surface area contributed by atoms with Crippen LogP contribution in [0, 0.1) is 0 Å². The summed E-state index contributed by atoms with van der Waals surface area (Å²) < 4.78 is 5.44. The molecule has 5 heteroatoms. The zero-order chi connectivity index (χ0) is 14.8. The molecule has 0 aliphatic rings. The topological polar surface area (TPSA) is 67.4 Å². The van der Waals surface area contributed by atoms with Gasteiger partial charge in [-0.15, -0.1) is 0 Å². The highest BCUT2D eigenvalue weighted by Crippen LogP contribution is 2.10. The van der Waals surface area contributed by atoms with Gasteiger partial charge in [-0.2, -0.15) is 0 Å². The summed E-state index contributed by atoms with van der Waals surface area (Å²) in [6.07, 6.45) is 2.64. The lowest BCUT2D eigenvalue weighted by Gasteiger charge is -2.15. The predicted octanol–water partition coefficient (Wildman–Crippen LogP) is 2.18. The van der Waals surface area contributed by atoms with Crippen molar-refractivity contribution in [2.24, 2.45) is 0 Å². The Balaban J connectivity index is 2.26. The monoisotopic (exact) mass is 278 g/mol. The van der Waals surface area contributed by atoms with E-state index >= 15 is 0 Å². The molecule has 1 rings (SSSR count). The minimum atomic E-state index is -0.673. The van der Waals surface area contributed by atoms with Crippen LogP contribution in [0.3, 0.4) is 0 Å². The van der Waals surface area contributed by atoms with E-state index in [1.54, 1.807) is 19.1 Å². The Bertz CT molecular complexity index is 420. The van der Waals surface area contributed by atoms with Crippen LogP contribution in [0.15, 0.2) is 30.3 Å². The molecule has 2 N–H and O–H groups in total. The smallest absolute Gasteiger partial charge is 0.279 e. The average molecular weight is 278 g/mol. The Hall–Kier alpha value is -2.04. The number of carbonyl (C=O) groups is 2. The number of hydrogen-bond donors (Lipinski definition) is 2. The molecule has 1 aromatic carbocycles. The van der Waals surface area contributed by atoms with Gasteiger partial charge in [-0.1, -0.05) is 38.0 Å². The summed E-state index contributed by atoms with van der Waals surface area (Å²) in [4.78, 5) is 23.2. The summed E-state index contributed by atoms with van der Waals surface area (Å²) in [6, 6.07) is 9.07. The van der Waals surface area contributed by atoms with E-state index in [1.165, 1.54) is 0 Å². The quantitative estimate of drug-likeness (QED) is 0.593. The van der Waals surface area contributed by atoms with Crippen molar-refractivity contribution in [1.82, 2.24) is 10.9 Å². The summed E-state index contributed by atoms with van der Waals surface area (Å²) in [5.74, 6) is 0.0563. The van der Waals surface area contributed by atoms with E-state index in [0.29, 0.717) is 12.2 Å². The molecule has 1 unspecified atom stereocenters. The summed E-state index contributed by atoms with van der Waals surface area (Å²) >= 11 is 0. The van der Waals surface area contributed by atoms with E-state index in [-0.39, 0.29) is 11.8 Å². The lowest BCUT2D eigenvalue weighted by atomic mass is 10.2. The second-order valence-electron chi connectivity index (χ2n) is 4.57. The molecular formula is C15H22N2O3. The molecule has 20 heavy (non-hydrogen) atoms. The number of amides is 2. The van der Waals surface area contributed by atoms with Crippen LogP contribution < -0.4 is 15.6 Å². The van der Waals surface area contributed by atoms with Crippen molar-refractivity contribution in [2.75, 3.05) is 0 Å². The zero-order valence-corrected chi connectivity index (χ0v) is 12.0. The molecule has 0 saturated carbocycles. The molecule has 0 aliphatic carbocycles. The Morgan fingerprint density at radius 3 is 2.50 bits per heavy atom. The molecule has 5 nitrogen and oxygen atoms in total. The lowest BCUT2D eigenvalue weighted by Crippen LogP contribution is -2.47. The van der Waals surface area contributed by atoms with Crippen LogP contribution in [0.4, 0.5) is 0 Å². The van der Waals surface area contributed by atoms with Gasteiger partial charge in [0, 0.05) is 6.42 Å². The molecule has 0 fully saturated rings. The normalized spacial score (nSPS) is 11.5. The number of hydrazine groups is 1. The highest BCUT2D eigenvalue weighted by molar-refractivity contribution is 5.84. The third-order valence-electron chi connectivity index (χ3n) is 2.76. The molecule has 0 aliphatic heterocycles. The third-order valence-corrected chi connectivity index (χ3v) is 2.76. The number of hydrogen-bond acceptors (Lipinski definition) is 3. The van der Waals surface area contributed by atoms with Crippen molar-refractivity contribution in [3.63, 3.8) is 0 Å². The van der Waals surface area contributed by atoms with Gasteiger partial charge in [-0.3, -0.25) is 20.4 Å². The van der Waals surface area contributed by atoms with E-state index < -0.39 is 6.10 Å². The Labute approximate surface area is 119 Å². The minimum absolute atomic E-state index is 0.182. The molecule has 2 amide bonds. The van der Waals surface area contributed by atoms with Gasteiger partial charge in [0.25, 0.3) is 5.91 Å². The van der Waals surface area contributed by atoms with Crippen LogP contribution in [-0.4, -0.2) is 17.9 Å². The van der Waals surface area contributed by atoms with E-state index in [2.05, 4.69) is 17.8 Å². The molecule has 0 radical (unpaired) electrons. The molecule has 0 aromatic heterocycles. The predicted molar refractivity (Wildman–Crippen MR) is 77.0 cm³/mol. The second-order valence-corrected chi connectivity index (χ2v) is 4.57. The summed E-state index contributed by atoms with van der Waals surface area (Å²) in [7, 11) is 0. The molecule has 1 atom stereocenters. The van der Waals surface area contributed by atoms with Crippen molar-refractivity contribution in [3.8, 4) is 5.75 Å². The lowest BCUT2D eigenvalue weighted by molar-refractivity contribution is -0.132. The standard InChI is InChI=1S/C15H22N2O3/c1-3-4-6-11-14(18)16-17-15(19)12(2)20-13-9-7-5-8-10-13/h5,7-10,12H,3-4,6,11H2,1-2H3,(H,16,18)(H,17,19). The number of nitrogens with one attached hydrogen (secondary N) is 2. The minimum Gasteiger partial charge on any atom is -0.481 e. The summed E-state index contributed by atoms with van der Waals surface area (Å²) in [5, 5.41) is 0. The van der Waals surface area contributed by atoms with E-state index in [0.717, 1.165) is 19.3 Å². The zero-order valence-electron chi connectivity index (χ0n) is 12.0. The highest BCUT2D eigenvalue weighted by Gasteiger charge is 2.14. The maximum absolute atomic E-state index is 11.7. The maximum Gasteiger partial charge on any atom is 0.279 e. The van der Waals surface area contributed by atoms with Gasteiger partial charge in [0.05, 0.1) is 0 Å². The number of rotatable bonds is 7. The number of carbonyl (C=O) groups excluding carboxylic acids is 2. The first-order chi connectivity index (χ1) is 9.63. The van der Waals surface area contributed by atoms with Crippen LogP contribution >= 0.6 is 0 Å². The first-order valence-electron chi connectivity index (χ1n) is 6.94. The Morgan fingerprint density at radius 2 is 1.85 bits per heavy atom. The number of benzene rings is 1. The van der Waals surface area contributed by atoms with Crippen LogP contribution in [-0.2, 0) is 9.59 Å². The highest BCUT2D eigenvalue weighted by atomic mass is 16.5. The van der Waals surface area contributed by atoms with E-state index in [4.69, 9.17) is 4.74 Å². The van der Waals surface area contributed by atoms with Gasteiger partial charge in [0.1, 0.15) is 5.75 Å². The van der Waals surface area contributed by atoms with Gasteiger partial charge >= 0.3 is 0 Å². The van der Waals surface area contributed by atoms with Gasteiger partial charge in [-0.25, -0.2) is 0 Å². The number of ether oxygens (including phenoxy) is 1. The van der Waals surface area contributed by atoms with E-state index in [1.807, 2.05) is 18.2 Å². The fourth-order valence-electron chi connectivity index (χ4n) is 1.59. The molecule has 0 bridgehead atoms. The van der Waals surface area contributed by atoms with Crippen LogP contribution in [0.5, 0.6) is 5.75 Å². The van der Waals surface area contributed by atoms with Gasteiger partial charge in [-0.05, 0) is 25.5 Å². The number of para-hydroxylation sites is 1. The van der Waals surface area contributed by atoms with Gasteiger partial charge in [0.2, 0.25) is 5.91 Å². The largest absolute Gasteiger partial charge is 0.481 e.